The highest BCUT2D eigenvalue weighted by Gasteiger charge is 2.24. The average molecular weight is 281 g/mol. The molecule has 1 aliphatic heterocycles. The number of aliphatic carboxylic acids is 1. The molecule has 0 aliphatic carbocycles. The minimum absolute atomic E-state index is 0.00111. The van der Waals surface area contributed by atoms with Crippen molar-refractivity contribution in [2.45, 2.75) is 26.4 Å². The Hall–Kier alpha value is -1.89. The van der Waals surface area contributed by atoms with Gasteiger partial charge in [0.2, 0.25) is 5.88 Å². The fraction of sp³-hybridized carbons (Fsp3) is 0.615. The van der Waals surface area contributed by atoms with Crippen molar-refractivity contribution in [2.24, 2.45) is 0 Å². The van der Waals surface area contributed by atoms with Crippen LogP contribution in [-0.4, -0.2) is 53.5 Å². The van der Waals surface area contributed by atoms with Crippen LogP contribution in [0.3, 0.4) is 0 Å². The smallest absolute Gasteiger partial charge is 0.306 e. The second-order valence-corrected chi connectivity index (χ2v) is 4.58. The number of carbonyl (C=O) groups is 1. The number of morpholine rings is 1. The van der Waals surface area contributed by atoms with Crippen molar-refractivity contribution in [3.8, 4) is 5.88 Å². The van der Waals surface area contributed by atoms with E-state index in [1.807, 2.05) is 11.8 Å². The van der Waals surface area contributed by atoms with E-state index in [-0.39, 0.29) is 12.5 Å². The van der Waals surface area contributed by atoms with Crippen molar-refractivity contribution < 1.29 is 19.4 Å². The summed E-state index contributed by atoms with van der Waals surface area (Å²) in [5.41, 5.74) is 0. The first kappa shape index (κ1) is 14.5. The van der Waals surface area contributed by atoms with E-state index in [1.165, 1.54) is 0 Å². The van der Waals surface area contributed by atoms with Crippen LogP contribution >= 0.6 is 0 Å². The van der Waals surface area contributed by atoms with Crippen molar-refractivity contribution in [1.82, 2.24) is 9.97 Å². The lowest BCUT2D eigenvalue weighted by Crippen LogP contribution is -2.43. The molecule has 0 amide bonds. The summed E-state index contributed by atoms with van der Waals surface area (Å²) in [7, 11) is 0. The predicted molar refractivity (Wildman–Crippen MR) is 72.1 cm³/mol. The molecule has 1 aliphatic rings. The molecule has 0 radical (unpaired) electrons. The number of hydrogen-bond donors (Lipinski definition) is 1. The third-order valence-electron chi connectivity index (χ3n) is 2.96. The molecular formula is C13H19N3O4. The van der Waals surface area contributed by atoms with Crippen molar-refractivity contribution >= 4 is 11.8 Å². The van der Waals surface area contributed by atoms with Crippen molar-refractivity contribution in [3.63, 3.8) is 0 Å². The summed E-state index contributed by atoms with van der Waals surface area (Å²) in [6.07, 6.45) is -0.314. The van der Waals surface area contributed by atoms with E-state index < -0.39 is 5.97 Å². The van der Waals surface area contributed by atoms with Gasteiger partial charge in [-0.1, -0.05) is 0 Å². The lowest BCUT2D eigenvalue weighted by atomic mass is 10.2. The van der Waals surface area contributed by atoms with Crippen LogP contribution in [0.5, 0.6) is 5.88 Å². The van der Waals surface area contributed by atoms with Gasteiger partial charge in [-0.05, 0) is 13.8 Å². The normalized spacial score (nSPS) is 18.9. The summed E-state index contributed by atoms with van der Waals surface area (Å²) < 4.78 is 10.9. The first-order valence-electron chi connectivity index (χ1n) is 6.65. The molecule has 110 valence electrons. The first-order valence-corrected chi connectivity index (χ1v) is 6.65. The zero-order valence-electron chi connectivity index (χ0n) is 11.7. The van der Waals surface area contributed by atoms with Crippen LogP contribution in [0, 0.1) is 6.92 Å². The Kier molecular flexibility index (Phi) is 4.73. The fourth-order valence-electron chi connectivity index (χ4n) is 2.15. The van der Waals surface area contributed by atoms with Crippen LogP contribution in [-0.2, 0) is 9.53 Å². The summed E-state index contributed by atoms with van der Waals surface area (Å²) in [6, 6.07) is 1.78. The molecule has 1 N–H and O–H groups in total. The van der Waals surface area contributed by atoms with Crippen molar-refractivity contribution in [2.75, 3.05) is 31.2 Å². The Morgan fingerprint density at radius 2 is 2.40 bits per heavy atom. The number of anilines is 1. The first-order chi connectivity index (χ1) is 9.58. The molecule has 0 spiro atoms. The highest BCUT2D eigenvalue weighted by atomic mass is 16.5. The maximum absolute atomic E-state index is 10.8. The van der Waals surface area contributed by atoms with Crippen molar-refractivity contribution in [3.05, 3.63) is 11.9 Å². The maximum atomic E-state index is 10.8. The van der Waals surface area contributed by atoms with E-state index in [2.05, 4.69) is 9.97 Å². The van der Waals surface area contributed by atoms with Gasteiger partial charge in [-0.15, -0.1) is 0 Å². The average Bonchev–Trinajstić information content (AvgIpc) is 2.38. The zero-order chi connectivity index (χ0) is 14.5. The van der Waals surface area contributed by atoms with Gasteiger partial charge < -0.3 is 19.5 Å². The Balaban J connectivity index is 2.11. The number of aryl methyl sites for hydroxylation is 1. The lowest BCUT2D eigenvalue weighted by Gasteiger charge is -2.33. The van der Waals surface area contributed by atoms with Gasteiger partial charge in [-0.3, -0.25) is 4.79 Å². The van der Waals surface area contributed by atoms with Gasteiger partial charge in [-0.2, -0.15) is 4.98 Å². The van der Waals surface area contributed by atoms with E-state index >= 15 is 0 Å². The quantitative estimate of drug-likeness (QED) is 0.856. The molecule has 1 saturated heterocycles. The maximum Gasteiger partial charge on any atom is 0.306 e. The molecule has 0 aromatic carbocycles. The summed E-state index contributed by atoms with van der Waals surface area (Å²) >= 11 is 0. The Morgan fingerprint density at radius 1 is 1.60 bits per heavy atom. The number of rotatable bonds is 5. The molecule has 7 heteroatoms. The molecule has 1 atom stereocenters. The minimum atomic E-state index is -0.856. The number of aromatic nitrogens is 2. The third kappa shape index (κ3) is 3.80. The van der Waals surface area contributed by atoms with Crippen molar-refractivity contribution in [1.29, 1.82) is 0 Å². The second-order valence-electron chi connectivity index (χ2n) is 4.58. The predicted octanol–water partition coefficient (Wildman–Crippen LogP) is 0.864. The van der Waals surface area contributed by atoms with Crippen LogP contribution in [0.4, 0.5) is 5.82 Å². The Labute approximate surface area is 117 Å². The van der Waals surface area contributed by atoms with E-state index in [0.29, 0.717) is 38.0 Å². The van der Waals surface area contributed by atoms with Crippen LogP contribution < -0.4 is 9.64 Å². The number of ether oxygens (including phenoxy) is 2. The highest BCUT2D eigenvalue weighted by Crippen LogP contribution is 2.20. The molecular weight excluding hydrogens is 262 g/mol. The van der Waals surface area contributed by atoms with E-state index in [1.54, 1.807) is 13.0 Å². The number of carboxylic acids is 1. The van der Waals surface area contributed by atoms with Gasteiger partial charge in [-0.25, -0.2) is 4.98 Å². The third-order valence-corrected chi connectivity index (χ3v) is 2.96. The molecule has 2 rings (SSSR count). The van der Waals surface area contributed by atoms with Gasteiger partial charge in [0.15, 0.2) is 0 Å². The monoisotopic (exact) mass is 281 g/mol. The molecule has 2 heterocycles. The molecule has 20 heavy (non-hydrogen) atoms. The van der Waals surface area contributed by atoms with Crippen LogP contribution in [0.25, 0.3) is 0 Å². The van der Waals surface area contributed by atoms with Crippen LogP contribution in [0.15, 0.2) is 6.07 Å². The molecule has 1 aromatic heterocycles. The van der Waals surface area contributed by atoms with E-state index in [9.17, 15) is 4.79 Å². The zero-order valence-corrected chi connectivity index (χ0v) is 11.7. The van der Waals surface area contributed by atoms with Gasteiger partial charge >= 0.3 is 5.97 Å². The molecule has 0 saturated carbocycles. The van der Waals surface area contributed by atoms with Gasteiger partial charge in [0.25, 0.3) is 0 Å². The topological polar surface area (TPSA) is 84.8 Å². The highest BCUT2D eigenvalue weighted by molar-refractivity contribution is 5.67. The summed E-state index contributed by atoms with van der Waals surface area (Å²) in [6.45, 7) is 5.92. The summed E-state index contributed by atoms with van der Waals surface area (Å²) in [4.78, 5) is 21.4. The molecule has 1 fully saturated rings. The Morgan fingerprint density at radius 3 is 3.10 bits per heavy atom. The van der Waals surface area contributed by atoms with E-state index in [4.69, 9.17) is 14.6 Å². The van der Waals surface area contributed by atoms with Gasteiger partial charge in [0.1, 0.15) is 11.6 Å². The summed E-state index contributed by atoms with van der Waals surface area (Å²) in [5.74, 6) is 1.06. The summed E-state index contributed by atoms with van der Waals surface area (Å²) in [5, 5.41) is 8.84. The fourth-order valence-corrected chi connectivity index (χ4v) is 2.15. The standard InChI is InChI=1S/C13H19N3O4/c1-3-19-12-7-11(14-9(2)15-12)16-4-5-20-10(8-16)6-13(17)18/h7,10H,3-6,8H2,1-2H3,(H,17,18). The van der Waals surface area contributed by atoms with Gasteiger partial charge in [0, 0.05) is 19.2 Å². The lowest BCUT2D eigenvalue weighted by molar-refractivity contribution is -0.140. The molecule has 1 unspecified atom stereocenters. The minimum Gasteiger partial charge on any atom is -0.481 e. The van der Waals surface area contributed by atoms with Gasteiger partial charge in [0.05, 0.1) is 25.7 Å². The SMILES string of the molecule is CCOc1cc(N2CCOC(CC(=O)O)C2)nc(C)n1. The number of nitrogens with zero attached hydrogens (tertiary/aromatic N) is 3. The molecule has 1 aromatic rings. The van der Waals surface area contributed by atoms with Crippen LogP contribution in [0.2, 0.25) is 0 Å². The number of hydrogen-bond acceptors (Lipinski definition) is 6. The molecule has 0 bridgehead atoms. The van der Waals surface area contributed by atoms with Crippen LogP contribution in [0.1, 0.15) is 19.2 Å². The number of carboxylic acid groups (broad SMARTS) is 1. The second kappa shape index (κ2) is 6.51. The molecule has 7 nitrogen and oxygen atoms in total. The largest absolute Gasteiger partial charge is 0.481 e. The Bertz CT molecular complexity index is 481. The van der Waals surface area contributed by atoms with E-state index in [0.717, 1.165) is 5.82 Å².